The quantitative estimate of drug-likeness (QED) is 0.115. The molecule has 0 radical (unpaired) electrons. The summed E-state index contributed by atoms with van der Waals surface area (Å²) in [5.74, 6) is 0.852. The van der Waals surface area contributed by atoms with Gasteiger partial charge in [-0.05, 0) is 84.3 Å². The fraction of sp³-hybridized carbons (Fsp3) is 0.135. The van der Waals surface area contributed by atoms with Gasteiger partial charge in [-0.1, -0.05) is 77.8 Å². The normalized spacial score (nSPS) is 11.1. The number of carbonyl (C=O) groups is 1. The maximum Gasteiger partial charge on any atom is 0.266 e. The van der Waals surface area contributed by atoms with Crippen LogP contribution < -0.4 is 19.5 Å². The SMILES string of the molecule is CCOc1cc(/C=C(\C#N)C(=O)Nc2ccc(OCc3ccccc3Cl)cc2)cc(Cl)c1OCc1c(C)ccc2ccccc12. The summed E-state index contributed by atoms with van der Waals surface area (Å²) >= 11 is 12.9. The van der Waals surface area contributed by atoms with Crippen LogP contribution in [0.5, 0.6) is 17.2 Å². The standard InChI is InChI=1S/C37H30Cl2N2O4/c1-3-43-35-20-25(19-34(39)36(35)45-23-32-24(2)12-13-26-8-4-6-10-31(26)32)18-28(21-40)37(42)41-29-14-16-30(17-15-29)44-22-27-9-5-7-11-33(27)38/h4-20H,3,22-23H2,1-2H3,(H,41,42)/b28-18+. The highest BCUT2D eigenvalue weighted by Gasteiger charge is 2.16. The van der Waals surface area contributed by atoms with Crippen molar-refractivity contribution in [1.29, 1.82) is 5.26 Å². The van der Waals surface area contributed by atoms with Gasteiger partial charge in [-0.15, -0.1) is 0 Å². The highest BCUT2D eigenvalue weighted by Crippen LogP contribution is 2.38. The molecule has 0 saturated carbocycles. The van der Waals surface area contributed by atoms with Crippen LogP contribution in [-0.2, 0) is 18.0 Å². The summed E-state index contributed by atoms with van der Waals surface area (Å²) in [6.45, 7) is 4.87. The summed E-state index contributed by atoms with van der Waals surface area (Å²) < 4.78 is 17.9. The lowest BCUT2D eigenvalue weighted by Crippen LogP contribution is -2.13. The molecule has 0 spiro atoms. The predicted octanol–water partition coefficient (Wildman–Crippen LogP) is 9.56. The first-order valence-corrected chi connectivity index (χ1v) is 15.1. The van der Waals surface area contributed by atoms with Gasteiger partial charge in [0.1, 0.15) is 30.6 Å². The zero-order chi connectivity index (χ0) is 31.8. The van der Waals surface area contributed by atoms with E-state index in [4.69, 9.17) is 37.4 Å². The fourth-order valence-corrected chi connectivity index (χ4v) is 5.24. The summed E-state index contributed by atoms with van der Waals surface area (Å²) in [7, 11) is 0. The van der Waals surface area contributed by atoms with Crippen molar-refractivity contribution in [3.8, 4) is 23.3 Å². The van der Waals surface area contributed by atoms with Crippen LogP contribution in [0.4, 0.5) is 5.69 Å². The second kappa shape index (κ2) is 14.7. The van der Waals surface area contributed by atoms with Crippen LogP contribution in [0.2, 0.25) is 10.0 Å². The van der Waals surface area contributed by atoms with E-state index in [1.165, 1.54) is 6.08 Å². The lowest BCUT2D eigenvalue weighted by Gasteiger charge is -2.17. The van der Waals surface area contributed by atoms with Gasteiger partial charge in [0, 0.05) is 21.8 Å². The minimum absolute atomic E-state index is 0.104. The molecule has 0 heterocycles. The molecule has 0 fully saturated rings. The lowest BCUT2D eigenvalue weighted by molar-refractivity contribution is -0.112. The summed E-state index contributed by atoms with van der Waals surface area (Å²) in [5, 5.41) is 15.7. The molecule has 0 unspecified atom stereocenters. The summed E-state index contributed by atoms with van der Waals surface area (Å²) in [6.07, 6.45) is 1.46. The van der Waals surface area contributed by atoms with Gasteiger partial charge in [0.05, 0.1) is 11.6 Å². The molecular formula is C37H30Cl2N2O4. The third kappa shape index (κ3) is 7.77. The van der Waals surface area contributed by atoms with E-state index >= 15 is 0 Å². The van der Waals surface area contributed by atoms with Crippen molar-refractivity contribution in [2.24, 2.45) is 0 Å². The van der Waals surface area contributed by atoms with Gasteiger partial charge in [0.2, 0.25) is 0 Å². The average Bonchev–Trinajstić information content (AvgIpc) is 3.04. The maximum atomic E-state index is 13.0. The second-order valence-electron chi connectivity index (χ2n) is 10.2. The molecule has 0 aliphatic rings. The number of amides is 1. The molecule has 0 atom stereocenters. The van der Waals surface area contributed by atoms with Gasteiger partial charge in [0.15, 0.2) is 11.5 Å². The number of fused-ring (bicyclic) bond motifs is 1. The van der Waals surface area contributed by atoms with Gasteiger partial charge >= 0.3 is 0 Å². The molecule has 5 aromatic rings. The summed E-state index contributed by atoms with van der Waals surface area (Å²) in [5.41, 5.74) is 3.95. The van der Waals surface area contributed by atoms with Gasteiger partial charge in [-0.3, -0.25) is 4.79 Å². The minimum Gasteiger partial charge on any atom is -0.490 e. The largest absolute Gasteiger partial charge is 0.490 e. The predicted molar refractivity (Wildman–Crippen MR) is 180 cm³/mol. The Morgan fingerprint density at radius 3 is 2.38 bits per heavy atom. The Bertz CT molecular complexity index is 1910. The Morgan fingerprint density at radius 2 is 1.62 bits per heavy atom. The van der Waals surface area contributed by atoms with Crippen molar-refractivity contribution in [2.75, 3.05) is 11.9 Å². The first kappa shape index (κ1) is 31.5. The molecule has 1 amide bonds. The number of hydrogen-bond donors (Lipinski definition) is 1. The highest BCUT2D eigenvalue weighted by molar-refractivity contribution is 6.32. The number of carbonyl (C=O) groups excluding carboxylic acids is 1. The third-order valence-corrected chi connectivity index (χ3v) is 7.76. The van der Waals surface area contributed by atoms with E-state index in [-0.39, 0.29) is 12.2 Å². The van der Waals surface area contributed by atoms with Gasteiger partial charge in [-0.25, -0.2) is 0 Å². The average molecular weight is 638 g/mol. The summed E-state index contributed by atoms with van der Waals surface area (Å²) in [6, 6.07) is 31.9. The molecule has 6 nitrogen and oxygen atoms in total. The van der Waals surface area contributed by atoms with Crippen molar-refractivity contribution in [2.45, 2.75) is 27.1 Å². The topological polar surface area (TPSA) is 80.6 Å². The number of ether oxygens (including phenoxy) is 3. The van der Waals surface area contributed by atoms with Crippen molar-refractivity contribution >= 4 is 51.6 Å². The Labute approximate surface area is 272 Å². The molecule has 0 aliphatic heterocycles. The monoisotopic (exact) mass is 636 g/mol. The van der Waals surface area contributed by atoms with Crippen molar-refractivity contribution in [1.82, 2.24) is 0 Å². The van der Waals surface area contributed by atoms with Gasteiger partial charge in [-0.2, -0.15) is 5.26 Å². The molecule has 5 rings (SSSR count). The van der Waals surface area contributed by atoms with Crippen LogP contribution in [0, 0.1) is 18.3 Å². The van der Waals surface area contributed by atoms with E-state index in [1.807, 2.05) is 50.2 Å². The van der Waals surface area contributed by atoms with E-state index in [2.05, 4.69) is 29.6 Å². The zero-order valence-electron chi connectivity index (χ0n) is 24.8. The number of rotatable bonds is 11. The second-order valence-corrected chi connectivity index (χ2v) is 11.0. The number of halogens is 2. The van der Waals surface area contributed by atoms with Crippen LogP contribution in [-0.4, -0.2) is 12.5 Å². The number of anilines is 1. The maximum absolute atomic E-state index is 13.0. The van der Waals surface area contributed by atoms with Crippen LogP contribution >= 0.6 is 23.2 Å². The molecule has 8 heteroatoms. The molecule has 0 bridgehead atoms. The first-order chi connectivity index (χ1) is 21.9. The number of benzene rings is 5. The van der Waals surface area contributed by atoms with E-state index in [0.717, 1.165) is 27.5 Å². The lowest BCUT2D eigenvalue weighted by atomic mass is 10.0. The zero-order valence-corrected chi connectivity index (χ0v) is 26.3. The van der Waals surface area contributed by atoms with E-state index in [9.17, 15) is 10.1 Å². The van der Waals surface area contributed by atoms with Crippen molar-refractivity contribution in [3.05, 3.63) is 135 Å². The molecule has 45 heavy (non-hydrogen) atoms. The first-order valence-electron chi connectivity index (χ1n) is 14.3. The molecule has 0 saturated heterocycles. The van der Waals surface area contributed by atoms with E-state index < -0.39 is 5.91 Å². The Kier molecular flexibility index (Phi) is 10.3. The Hall–Kier alpha value is -4.96. The number of nitrogens with zero attached hydrogens (tertiary/aromatic N) is 1. The fourth-order valence-electron chi connectivity index (χ4n) is 4.78. The molecular weight excluding hydrogens is 607 g/mol. The van der Waals surface area contributed by atoms with Crippen LogP contribution in [0.15, 0.2) is 103 Å². The highest BCUT2D eigenvalue weighted by atomic mass is 35.5. The molecule has 5 aromatic carbocycles. The Balaban J connectivity index is 1.29. The number of hydrogen-bond acceptors (Lipinski definition) is 5. The van der Waals surface area contributed by atoms with E-state index in [0.29, 0.717) is 51.8 Å². The number of aryl methyl sites for hydroxylation is 1. The van der Waals surface area contributed by atoms with Crippen molar-refractivity contribution in [3.63, 3.8) is 0 Å². The molecule has 226 valence electrons. The molecule has 0 aliphatic carbocycles. The summed E-state index contributed by atoms with van der Waals surface area (Å²) in [4.78, 5) is 13.0. The smallest absolute Gasteiger partial charge is 0.266 e. The third-order valence-electron chi connectivity index (χ3n) is 7.11. The van der Waals surface area contributed by atoms with Gasteiger partial charge in [0.25, 0.3) is 5.91 Å². The van der Waals surface area contributed by atoms with E-state index in [1.54, 1.807) is 42.5 Å². The minimum atomic E-state index is -0.567. The van der Waals surface area contributed by atoms with Crippen LogP contribution in [0.25, 0.3) is 16.8 Å². The Morgan fingerprint density at radius 1 is 0.867 bits per heavy atom. The number of nitriles is 1. The van der Waals surface area contributed by atoms with Crippen molar-refractivity contribution < 1.29 is 19.0 Å². The van der Waals surface area contributed by atoms with Gasteiger partial charge < -0.3 is 19.5 Å². The molecule has 0 aromatic heterocycles. The number of nitrogens with one attached hydrogen (secondary N) is 1. The van der Waals surface area contributed by atoms with Crippen LogP contribution in [0.1, 0.15) is 29.2 Å². The van der Waals surface area contributed by atoms with Crippen LogP contribution in [0.3, 0.4) is 0 Å². The molecule has 1 N–H and O–H groups in total.